The van der Waals surface area contributed by atoms with Gasteiger partial charge in [-0.1, -0.05) is 17.7 Å². The zero-order valence-corrected chi connectivity index (χ0v) is 14.6. The van der Waals surface area contributed by atoms with Gasteiger partial charge in [-0.25, -0.2) is 0 Å². The van der Waals surface area contributed by atoms with Crippen LogP contribution >= 0.6 is 0 Å². The molecule has 134 valence electrons. The predicted molar refractivity (Wildman–Crippen MR) is 95.6 cm³/mol. The van der Waals surface area contributed by atoms with E-state index >= 15 is 0 Å². The third kappa shape index (κ3) is 3.10. The summed E-state index contributed by atoms with van der Waals surface area (Å²) in [4.78, 5) is 28.9. The molecule has 0 unspecified atom stereocenters. The normalized spacial score (nSPS) is 15.9. The van der Waals surface area contributed by atoms with Crippen molar-refractivity contribution in [2.75, 3.05) is 33.0 Å². The Labute approximate surface area is 151 Å². The highest BCUT2D eigenvalue weighted by Gasteiger charge is 2.26. The number of piperazine rings is 1. The van der Waals surface area contributed by atoms with Crippen molar-refractivity contribution < 1.29 is 19.1 Å². The molecule has 1 saturated heterocycles. The van der Waals surface area contributed by atoms with Gasteiger partial charge in [0.1, 0.15) is 0 Å². The smallest absolute Gasteiger partial charge is 0.254 e. The highest BCUT2D eigenvalue weighted by molar-refractivity contribution is 5.96. The highest BCUT2D eigenvalue weighted by atomic mass is 16.7. The molecule has 26 heavy (non-hydrogen) atoms. The average Bonchev–Trinajstić information content (AvgIpc) is 3.15. The molecule has 0 atom stereocenters. The number of carbonyl (C=O) groups excluding carboxylic acids is 2. The van der Waals surface area contributed by atoms with Gasteiger partial charge in [-0.15, -0.1) is 0 Å². The van der Waals surface area contributed by atoms with Crippen molar-refractivity contribution in [3.05, 3.63) is 59.2 Å². The Hall–Kier alpha value is -3.02. The Morgan fingerprint density at radius 1 is 0.808 bits per heavy atom. The van der Waals surface area contributed by atoms with Crippen LogP contribution in [0.25, 0.3) is 0 Å². The lowest BCUT2D eigenvalue weighted by molar-refractivity contribution is 0.0535. The van der Waals surface area contributed by atoms with E-state index in [0.717, 1.165) is 5.56 Å². The second-order valence-corrected chi connectivity index (χ2v) is 6.52. The van der Waals surface area contributed by atoms with Crippen LogP contribution in [-0.2, 0) is 0 Å². The van der Waals surface area contributed by atoms with Gasteiger partial charge in [0.15, 0.2) is 11.5 Å². The van der Waals surface area contributed by atoms with Gasteiger partial charge in [0.2, 0.25) is 6.79 Å². The topological polar surface area (TPSA) is 59.1 Å². The minimum absolute atomic E-state index is 0.0175. The molecule has 0 aliphatic carbocycles. The number of fused-ring (bicyclic) bond motifs is 1. The molecule has 6 nitrogen and oxygen atoms in total. The number of hydrogen-bond donors (Lipinski definition) is 0. The number of rotatable bonds is 2. The monoisotopic (exact) mass is 352 g/mol. The molecular weight excluding hydrogens is 332 g/mol. The summed E-state index contributed by atoms with van der Waals surface area (Å²) < 4.78 is 10.6. The van der Waals surface area contributed by atoms with Gasteiger partial charge in [-0.2, -0.15) is 0 Å². The maximum absolute atomic E-state index is 12.7. The minimum atomic E-state index is -0.0500. The van der Waals surface area contributed by atoms with E-state index in [0.29, 0.717) is 48.8 Å². The molecule has 2 aliphatic heterocycles. The Kier molecular flexibility index (Phi) is 4.24. The van der Waals surface area contributed by atoms with Crippen molar-refractivity contribution in [3.8, 4) is 11.5 Å². The van der Waals surface area contributed by atoms with E-state index in [1.807, 2.05) is 31.2 Å². The highest BCUT2D eigenvalue weighted by Crippen LogP contribution is 2.32. The summed E-state index contributed by atoms with van der Waals surface area (Å²) >= 11 is 0. The first-order valence-corrected chi connectivity index (χ1v) is 8.67. The van der Waals surface area contributed by atoms with Gasteiger partial charge in [0.25, 0.3) is 11.8 Å². The summed E-state index contributed by atoms with van der Waals surface area (Å²) in [5.41, 5.74) is 2.33. The van der Waals surface area contributed by atoms with E-state index in [1.165, 1.54) is 0 Å². The second kappa shape index (κ2) is 6.71. The van der Waals surface area contributed by atoms with Gasteiger partial charge in [0, 0.05) is 37.3 Å². The molecule has 4 rings (SSSR count). The maximum atomic E-state index is 12.7. The van der Waals surface area contributed by atoms with Crippen molar-refractivity contribution in [2.24, 2.45) is 0 Å². The summed E-state index contributed by atoms with van der Waals surface area (Å²) in [5, 5.41) is 0. The standard InChI is InChI=1S/C20H20N2O4/c1-14-3-2-4-15(11-14)19(23)21-7-9-22(10-8-21)20(24)16-5-6-17-18(12-16)26-13-25-17/h2-6,11-12H,7-10,13H2,1H3. The molecule has 2 aromatic carbocycles. The number of nitrogens with zero attached hydrogens (tertiary/aromatic N) is 2. The third-order valence-electron chi connectivity index (χ3n) is 4.74. The van der Waals surface area contributed by atoms with Crippen LogP contribution in [0.5, 0.6) is 11.5 Å². The second-order valence-electron chi connectivity index (χ2n) is 6.52. The summed E-state index contributed by atoms with van der Waals surface area (Å²) in [6.07, 6.45) is 0. The van der Waals surface area contributed by atoms with Crippen LogP contribution in [0, 0.1) is 6.92 Å². The first-order chi connectivity index (χ1) is 12.6. The SMILES string of the molecule is Cc1cccc(C(=O)N2CCN(C(=O)c3ccc4c(c3)OCO4)CC2)c1. The number of aryl methyl sites for hydroxylation is 1. The molecule has 6 heteroatoms. The van der Waals surface area contributed by atoms with Gasteiger partial charge in [0.05, 0.1) is 0 Å². The summed E-state index contributed by atoms with van der Waals surface area (Å²) in [7, 11) is 0. The molecule has 0 radical (unpaired) electrons. The van der Waals surface area contributed by atoms with Crippen LogP contribution in [0.1, 0.15) is 26.3 Å². The van der Waals surface area contributed by atoms with Crippen LogP contribution in [0.3, 0.4) is 0 Å². The molecule has 0 saturated carbocycles. The van der Waals surface area contributed by atoms with Crippen LogP contribution in [0.4, 0.5) is 0 Å². The van der Waals surface area contributed by atoms with Gasteiger partial charge in [-0.3, -0.25) is 9.59 Å². The molecule has 0 aromatic heterocycles. The Morgan fingerprint density at radius 2 is 1.42 bits per heavy atom. The average molecular weight is 352 g/mol. The molecule has 0 spiro atoms. The van der Waals surface area contributed by atoms with Crippen molar-refractivity contribution >= 4 is 11.8 Å². The van der Waals surface area contributed by atoms with E-state index < -0.39 is 0 Å². The Morgan fingerprint density at radius 3 is 2.08 bits per heavy atom. The zero-order chi connectivity index (χ0) is 18.1. The fourth-order valence-electron chi connectivity index (χ4n) is 3.29. The van der Waals surface area contributed by atoms with Crippen molar-refractivity contribution in [1.82, 2.24) is 9.80 Å². The number of amides is 2. The maximum Gasteiger partial charge on any atom is 0.254 e. The number of benzene rings is 2. The summed E-state index contributed by atoms with van der Waals surface area (Å²) in [6, 6.07) is 12.8. The molecule has 2 amide bonds. The van der Waals surface area contributed by atoms with E-state index in [-0.39, 0.29) is 18.6 Å². The number of hydrogen-bond acceptors (Lipinski definition) is 4. The van der Waals surface area contributed by atoms with E-state index in [1.54, 1.807) is 28.0 Å². The fourth-order valence-corrected chi connectivity index (χ4v) is 3.29. The quantitative estimate of drug-likeness (QED) is 0.832. The first-order valence-electron chi connectivity index (χ1n) is 8.67. The zero-order valence-electron chi connectivity index (χ0n) is 14.6. The minimum Gasteiger partial charge on any atom is -0.454 e. The number of carbonyl (C=O) groups is 2. The lowest BCUT2D eigenvalue weighted by Gasteiger charge is -2.35. The van der Waals surface area contributed by atoms with Gasteiger partial charge < -0.3 is 19.3 Å². The molecular formula is C20H20N2O4. The third-order valence-corrected chi connectivity index (χ3v) is 4.74. The summed E-state index contributed by atoms with van der Waals surface area (Å²) in [5.74, 6) is 1.23. The molecule has 2 aliphatic rings. The lowest BCUT2D eigenvalue weighted by atomic mass is 10.1. The van der Waals surface area contributed by atoms with E-state index in [9.17, 15) is 9.59 Å². The van der Waals surface area contributed by atoms with Crippen LogP contribution < -0.4 is 9.47 Å². The van der Waals surface area contributed by atoms with Crippen LogP contribution in [0.15, 0.2) is 42.5 Å². The largest absolute Gasteiger partial charge is 0.454 e. The summed E-state index contributed by atoms with van der Waals surface area (Å²) in [6.45, 7) is 4.26. The van der Waals surface area contributed by atoms with Crippen molar-refractivity contribution in [2.45, 2.75) is 6.92 Å². The van der Waals surface area contributed by atoms with Crippen molar-refractivity contribution in [3.63, 3.8) is 0 Å². The van der Waals surface area contributed by atoms with Crippen molar-refractivity contribution in [1.29, 1.82) is 0 Å². The van der Waals surface area contributed by atoms with Crippen LogP contribution in [0.2, 0.25) is 0 Å². The Balaban J connectivity index is 1.40. The molecule has 0 N–H and O–H groups in total. The lowest BCUT2D eigenvalue weighted by Crippen LogP contribution is -2.50. The van der Waals surface area contributed by atoms with Crippen LogP contribution in [-0.4, -0.2) is 54.6 Å². The van der Waals surface area contributed by atoms with E-state index in [2.05, 4.69) is 0 Å². The molecule has 0 bridgehead atoms. The van der Waals surface area contributed by atoms with Gasteiger partial charge in [-0.05, 0) is 37.3 Å². The molecule has 2 aromatic rings. The molecule has 2 heterocycles. The fraction of sp³-hybridized carbons (Fsp3) is 0.300. The van der Waals surface area contributed by atoms with E-state index in [4.69, 9.17) is 9.47 Å². The Bertz CT molecular complexity index is 857. The first kappa shape index (κ1) is 16.4. The van der Waals surface area contributed by atoms with Gasteiger partial charge >= 0.3 is 0 Å². The molecule has 1 fully saturated rings. The number of ether oxygens (including phenoxy) is 2. The predicted octanol–water partition coefficient (Wildman–Crippen LogP) is 2.32.